The molecule has 0 saturated heterocycles. The highest BCUT2D eigenvalue weighted by Crippen LogP contribution is 2.38. The van der Waals surface area contributed by atoms with Crippen molar-refractivity contribution in [2.24, 2.45) is 0 Å². The Labute approximate surface area is 136 Å². The van der Waals surface area contributed by atoms with Crippen molar-refractivity contribution in [3.8, 4) is 5.75 Å². The van der Waals surface area contributed by atoms with E-state index in [9.17, 15) is 8.42 Å². The van der Waals surface area contributed by atoms with Gasteiger partial charge in [0.05, 0.1) is 12.8 Å². The number of nitrogen functional groups attached to an aromatic ring is 1. The lowest BCUT2D eigenvalue weighted by Gasteiger charge is -2.23. The molecule has 0 fully saturated rings. The van der Waals surface area contributed by atoms with E-state index >= 15 is 0 Å². The van der Waals surface area contributed by atoms with Gasteiger partial charge in [0.25, 0.3) is 10.0 Å². The van der Waals surface area contributed by atoms with E-state index in [-0.39, 0.29) is 10.6 Å². The average Bonchev–Trinajstić information content (AvgIpc) is 2.54. The zero-order valence-corrected chi connectivity index (χ0v) is 13.8. The lowest BCUT2D eigenvalue weighted by Crippen LogP contribution is -2.20. The fraction of sp³-hybridized carbons (Fsp3) is 0.294. The van der Waals surface area contributed by atoms with Crippen LogP contribution in [0.25, 0.3) is 0 Å². The average molecular weight is 332 g/mol. The molecule has 5 nitrogen and oxygen atoms in total. The lowest BCUT2D eigenvalue weighted by atomic mass is 9.90. The van der Waals surface area contributed by atoms with Crippen molar-refractivity contribution in [1.29, 1.82) is 0 Å². The maximum Gasteiger partial charge on any atom is 0.264 e. The number of hydrogen-bond donors (Lipinski definition) is 2. The quantitative estimate of drug-likeness (QED) is 0.844. The number of para-hydroxylation sites is 1. The molecule has 0 heterocycles. The van der Waals surface area contributed by atoms with Crippen LogP contribution >= 0.6 is 0 Å². The van der Waals surface area contributed by atoms with Crippen molar-refractivity contribution in [3.63, 3.8) is 0 Å². The smallest absolute Gasteiger partial charge is 0.264 e. The minimum atomic E-state index is -3.74. The van der Waals surface area contributed by atoms with Crippen molar-refractivity contribution in [3.05, 3.63) is 47.5 Å². The summed E-state index contributed by atoms with van der Waals surface area (Å²) in [7, 11) is -2.16. The Morgan fingerprint density at radius 1 is 1.09 bits per heavy atom. The Morgan fingerprint density at radius 2 is 1.74 bits per heavy atom. The minimum Gasteiger partial charge on any atom is -0.496 e. The van der Waals surface area contributed by atoms with E-state index in [1.54, 1.807) is 37.4 Å². The molecule has 0 unspecified atom stereocenters. The van der Waals surface area contributed by atoms with E-state index < -0.39 is 10.0 Å². The molecule has 0 radical (unpaired) electrons. The molecule has 0 atom stereocenters. The van der Waals surface area contributed by atoms with Gasteiger partial charge in [-0.1, -0.05) is 18.2 Å². The van der Waals surface area contributed by atoms with Crippen LogP contribution in [-0.4, -0.2) is 15.5 Å². The first kappa shape index (κ1) is 15.7. The molecule has 122 valence electrons. The van der Waals surface area contributed by atoms with Crippen LogP contribution in [0.1, 0.15) is 24.0 Å². The van der Waals surface area contributed by atoms with Gasteiger partial charge < -0.3 is 10.5 Å². The highest BCUT2D eigenvalue weighted by atomic mass is 32.2. The normalized spacial score (nSPS) is 14.1. The summed E-state index contributed by atoms with van der Waals surface area (Å²) in [6, 6.07) is 10.4. The number of sulfonamides is 1. The third-order valence-corrected chi connectivity index (χ3v) is 5.63. The fourth-order valence-corrected chi connectivity index (χ4v) is 4.58. The second-order valence-electron chi connectivity index (χ2n) is 5.63. The molecule has 1 aliphatic rings. The van der Waals surface area contributed by atoms with Crippen molar-refractivity contribution in [2.75, 3.05) is 17.6 Å². The lowest BCUT2D eigenvalue weighted by molar-refractivity contribution is 0.405. The molecule has 1 aliphatic carbocycles. The van der Waals surface area contributed by atoms with Crippen LogP contribution in [0.15, 0.2) is 41.3 Å². The van der Waals surface area contributed by atoms with Crippen LogP contribution in [0.4, 0.5) is 11.4 Å². The number of anilines is 2. The molecule has 2 aromatic rings. The van der Waals surface area contributed by atoms with Crippen LogP contribution < -0.4 is 15.2 Å². The van der Waals surface area contributed by atoms with Crippen molar-refractivity contribution >= 4 is 21.4 Å². The first-order valence-corrected chi connectivity index (χ1v) is 9.07. The first-order chi connectivity index (χ1) is 11.0. The summed E-state index contributed by atoms with van der Waals surface area (Å²) in [6.07, 6.45) is 3.49. The Bertz CT molecular complexity index is 817. The van der Waals surface area contributed by atoms with Gasteiger partial charge in [-0.05, 0) is 48.9 Å². The molecule has 23 heavy (non-hydrogen) atoms. The van der Waals surface area contributed by atoms with Crippen LogP contribution in [0, 0.1) is 0 Å². The maximum absolute atomic E-state index is 12.9. The summed E-state index contributed by atoms with van der Waals surface area (Å²) in [5.74, 6) is 0.677. The second-order valence-corrected chi connectivity index (χ2v) is 7.25. The summed E-state index contributed by atoms with van der Waals surface area (Å²) >= 11 is 0. The van der Waals surface area contributed by atoms with Crippen LogP contribution in [0.3, 0.4) is 0 Å². The van der Waals surface area contributed by atoms with Crippen molar-refractivity contribution in [2.45, 2.75) is 30.6 Å². The number of rotatable bonds is 4. The molecular formula is C17H20N2O3S. The van der Waals surface area contributed by atoms with Crippen LogP contribution in [0.5, 0.6) is 5.75 Å². The number of hydrogen-bond acceptors (Lipinski definition) is 4. The Hall–Kier alpha value is -2.21. The number of nitrogens with one attached hydrogen (secondary N) is 1. The number of ether oxygens (including phenoxy) is 1. The Balaban J connectivity index is 2.12. The minimum absolute atomic E-state index is 0.192. The predicted molar refractivity (Wildman–Crippen MR) is 91.3 cm³/mol. The molecule has 6 heteroatoms. The van der Waals surface area contributed by atoms with Crippen molar-refractivity contribution in [1.82, 2.24) is 0 Å². The summed E-state index contributed by atoms with van der Waals surface area (Å²) in [5.41, 5.74) is 8.56. The van der Waals surface area contributed by atoms with Gasteiger partial charge in [0.15, 0.2) is 0 Å². The third kappa shape index (κ3) is 2.99. The summed E-state index contributed by atoms with van der Waals surface area (Å²) in [4.78, 5) is 0.192. The monoisotopic (exact) mass is 332 g/mol. The number of methoxy groups -OCH3 is 1. The first-order valence-electron chi connectivity index (χ1n) is 7.59. The van der Waals surface area contributed by atoms with E-state index in [2.05, 4.69) is 4.72 Å². The molecule has 2 aromatic carbocycles. The molecule has 3 N–H and O–H groups in total. The molecule has 0 aliphatic heterocycles. The van der Waals surface area contributed by atoms with E-state index in [4.69, 9.17) is 10.5 Å². The largest absolute Gasteiger partial charge is 0.496 e. The SMILES string of the molecule is COc1cc(N)c(S(=O)(=O)Nc2ccccc2)c2c1CCCC2. The van der Waals surface area contributed by atoms with Crippen LogP contribution in [0.2, 0.25) is 0 Å². The molecule has 0 aromatic heterocycles. The third-order valence-electron chi connectivity index (χ3n) is 4.10. The van der Waals surface area contributed by atoms with Gasteiger partial charge >= 0.3 is 0 Å². The molecule has 3 rings (SSSR count). The van der Waals surface area contributed by atoms with Gasteiger partial charge in [-0.2, -0.15) is 0 Å². The van der Waals surface area contributed by atoms with Gasteiger partial charge in [0, 0.05) is 11.8 Å². The standard InChI is InChI=1S/C17H20N2O3S/c1-22-16-11-15(18)17(14-10-6-5-9-13(14)16)23(20,21)19-12-7-3-2-4-8-12/h2-4,7-8,11,19H,5-6,9-10,18H2,1H3. The molecule has 0 amide bonds. The number of nitrogens with two attached hydrogens (primary N) is 1. The van der Waals surface area contributed by atoms with E-state index in [0.29, 0.717) is 17.9 Å². The van der Waals surface area contributed by atoms with Gasteiger partial charge in [-0.25, -0.2) is 8.42 Å². The van der Waals surface area contributed by atoms with Gasteiger partial charge in [-0.15, -0.1) is 0 Å². The number of benzene rings is 2. The van der Waals surface area contributed by atoms with Gasteiger partial charge in [0.1, 0.15) is 10.6 Å². The van der Waals surface area contributed by atoms with Gasteiger partial charge in [0.2, 0.25) is 0 Å². The number of fused-ring (bicyclic) bond motifs is 1. The van der Waals surface area contributed by atoms with E-state index in [0.717, 1.165) is 30.4 Å². The zero-order valence-electron chi connectivity index (χ0n) is 13.0. The highest BCUT2D eigenvalue weighted by molar-refractivity contribution is 7.93. The Kier molecular flexibility index (Phi) is 4.17. The Morgan fingerprint density at radius 3 is 2.39 bits per heavy atom. The van der Waals surface area contributed by atoms with E-state index in [1.165, 1.54) is 0 Å². The zero-order chi connectivity index (χ0) is 16.4. The second kappa shape index (κ2) is 6.12. The molecule has 0 bridgehead atoms. The van der Waals surface area contributed by atoms with E-state index in [1.807, 2.05) is 6.07 Å². The highest BCUT2D eigenvalue weighted by Gasteiger charge is 2.28. The molecule has 0 spiro atoms. The van der Waals surface area contributed by atoms with Crippen LogP contribution in [-0.2, 0) is 22.9 Å². The maximum atomic E-state index is 12.9. The molecular weight excluding hydrogens is 312 g/mol. The molecule has 0 saturated carbocycles. The predicted octanol–water partition coefficient (Wildman–Crippen LogP) is 2.96. The fourth-order valence-electron chi connectivity index (χ4n) is 3.11. The topological polar surface area (TPSA) is 81.4 Å². The summed E-state index contributed by atoms with van der Waals surface area (Å²) in [6.45, 7) is 0. The summed E-state index contributed by atoms with van der Waals surface area (Å²) < 4.78 is 33.7. The van der Waals surface area contributed by atoms with Gasteiger partial charge in [-0.3, -0.25) is 4.72 Å². The summed E-state index contributed by atoms with van der Waals surface area (Å²) in [5, 5.41) is 0. The van der Waals surface area contributed by atoms with Crippen molar-refractivity contribution < 1.29 is 13.2 Å².